The molecule has 1 aromatic rings. The van der Waals surface area contributed by atoms with E-state index in [0.717, 1.165) is 63.0 Å². The van der Waals surface area contributed by atoms with E-state index in [1.807, 2.05) is 13.0 Å². The number of rotatable bonds is 9. The van der Waals surface area contributed by atoms with Crippen LogP contribution in [-0.4, -0.2) is 52.1 Å². The molecule has 1 aromatic carbocycles. The minimum absolute atomic E-state index is 0.278. The van der Waals surface area contributed by atoms with Gasteiger partial charge >= 0.3 is 0 Å². The first-order chi connectivity index (χ1) is 12.2. The third-order valence-electron chi connectivity index (χ3n) is 4.08. The average molecular weight is 349 g/mol. The van der Waals surface area contributed by atoms with E-state index in [1.165, 1.54) is 5.56 Å². The summed E-state index contributed by atoms with van der Waals surface area (Å²) in [6.07, 6.45) is 2.24. The highest BCUT2D eigenvalue weighted by Gasteiger charge is 2.15. The fourth-order valence-electron chi connectivity index (χ4n) is 2.72. The molecule has 25 heavy (non-hydrogen) atoms. The molecule has 1 heterocycles. The minimum Gasteiger partial charge on any atom is -0.496 e. The Hall–Kier alpha value is -1.79. The van der Waals surface area contributed by atoms with Crippen molar-refractivity contribution in [2.24, 2.45) is 4.99 Å². The lowest BCUT2D eigenvalue weighted by Gasteiger charge is -2.13. The summed E-state index contributed by atoms with van der Waals surface area (Å²) in [4.78, 5) is 4.65. The second kappa shape index (κ2) is 10.9. The highest BCUT2D eigenvalue weighted by Crippen LogP contribution is 2.18. The third-order valence-corrected chi connectivity index (χ3v) is 4.08. The van der Waals surface area contributed by atoms with Crippen LogP contribution in [0.4, 0.5) is 0 Å². The average Bonchev–Trinajstić information content (AvgIpc) is 3.13. The smallest absolute Gasteiger partial charge is 0.191 e. The van der Waals surface area contributed by atoms with Gasteiger partial charge in [0.05, 0.1) is 26.4 Å². The van der Waals surface area contributed by atoms with Crippen molar-refractivity contribution in [1.82, 2.24) is 10.6 Å². The quantitative estimate of drug-likeness (QED) is 0.407. The highest BCUT2D eigenvalue weighted by molar-refractivity contribution is 5.79. The zero-order valence-electron chi connectivity index (χ0n) is 15.6. The summed E-state index contributed by atoms with van der Waals surface area (Å²) in [5.74, 6) is 1.74. The molecule has 1 saturated heterocycles. The number of methoxy groups -OCH3 is 1. The van der Waals surface area contributed by atoms with Crippen LogP contribution < -0.4 is 15.4 Å². The first-order valence-electron chi connectivity index (χ1n) is 9.08. The Kier molecular flexibility index (Phi) is 8.55. The van der Waals surface area contributed by atoms with Crippen molar-refractivity contribution in [2.75, 3.05) is 40.0 Å². The van der Waals surface area contributed by atoms with Crippen molar-refractivity contribution in [2.45, 2.75) is 39.3 Å². The number of benzene rings is 1. The van der Waals surface area contributed by atoms with Crippen molar-refractivity contribution < 1.29 is 14.2 Å². The maximum atomic E-state index is 5.77. The molecule has 1 aliphatic rings. The second-order valence-electron chi connectivity index (χ2n) is 6.14. The molecule has 1 aliphatic heterocycles. The van der Waals surface area contributed by atoms with Crippen molar-refractivity contribution in [3.63, 3.8) is 0 Å². The molecule has 1 fully saturated rings. The number of aliphatic imine (C=N–C) groups is 1. The number of hydrogen-bond donors (Lipinski definition) is 2. The Morgan fingerprint density at radius 1 is 1.36 bits per heavy atom. The van der Waals surface area contributed by atoms with E-state index < -0.39 is 0 Å². The van der Waals surface area contributed by atoms with Gasteiger partial charge in [0.1, 0.15) is 5.75 Å². The van der Waals surface area contributed by atoms with Crippen LogP contribution in [0.5, 0.6) is 5.75 Å². The molecule has 0 bridgehead atoms. The van der Waals surface area contributed by atoms with Crippen LogP contribution in [0.1, 0.15) is 30.9 Å². The fraction of sp³-hybridized carbons (Fsp3) is 0.632. The van der Waals surface area contributed by atoms with Crippen molar-refractivity contribution in [3.8, 4) is 5.75 Å². The van der Waals surface area contributed by atoms with E-state index >= 15 is 0 Å². The van der Waals surface area contributed by atoms with Gasteiger partial charge in [-0.1, -0.05) is 12.1 Å². The molecule has 6 nitrogen and oxygen atoms in total. The van der Waals surface area contributed by atoms with Gasteiger partial charge in [0.15, 0.2) is 5.96 Å². The first-order valence-corrected chi connectivity index (χ1v) is 9.08. The van der Waals surface area contributed by atoms with Crippen molar-refractivity contribution in [1.29, 1.82) is 0 Å². The summed E-state index contributed by atoms with van der Waals surface area (Å²) in [6.45, 7) is 8.73. The lowest BCUT2D eigenvalue weighted by molar-refractivity contribution is 0.0420. The van der Waals surface area contributed by atoms with Crippen LogP contribution in [-0.2, 0) is 16.0 Å². The van der Waals surface area contributed by atoms with E-state index in [1.54, 1.807) is 7.11 Å². The van der Waals surface area contributed by atoms with Gasteiger partial charge in [0.2, 0.25) is 0 Å². The van der Waals surface area contributed by atoms with Gasteiger partial charge in [-0.05, 0) is 43.9 Å². The molecule has 0 aliphatic carbocycles. The van der Waals surface area contributed by atoms with Crippen molar-refractivity contribution >= 4 is 5.96 Å². The summed E-state index contributed by atoms with van der Waals surface area (Å²) >= 11 is 0. The molecule has 140 valence electrons. The van der Waals surface area contributed by atoms with E-state index in [9.17, 15) is 0 Å². The molecular formula is C19H31N3O3. The van der Waals surface area contributed by atoms with Crippen LogP contribution in [0, 0.1) is 6.92 Å². The number of ether oxygens (including phenoxy) is 3. The summed E-state index contributed by atoms with van der Waals surface area (Å²) < 4.78 is 16.4. The molecule has 6 heteroatoms. The molecule has 2 rings (SSSR count). The zero-order valence-corrected chi connectivity index (χ0v) is 15.6. The topological polar surface area (TPSA) is 64.1 Å². The predicted octanol–water partition coefficient (Wildman–Crippen LogP) is 2.25. The van der Waals surface area contributed by atoms with Crippen LogP contribution in [0.25, 0.3) is 0 Å². The molecular weight excluding hydrogens is 318 g/mol. The standard InChI is InChI=1S/C19H31N3O3/c1-4-20-19(21-9-5-10-25-17-8-11-24-14-17)22-13-16-6-7-18(23-3)15(2)12-16/h6-7,12,17H,4-5,8-11,13-14H2,1-3H3,(H2,20,21,22). The number of guanidine groups is 1. The normalized spacial score (nSPS) is 17.6. The lowest BCUT2D eigenvalue weighted by atomic mass is 10.1. The Morgan fingerprint density at radius 3 is 2.92 bits per heavy atom. The lowest BCUT2D eigenvalue weighted by Crippen LogP contribution is -2.38. The Balaban J connectivity index is 1.74. The summed E-state index contributed by atoms with van der Waals surface area (Å²) in [5.41, 5.74) is 2.29. The monoisotopic (exact) mass is 349 g/mol. The number of hydrogen-bond acceptors (Lipinski definition) is 4. The largest absolute Gasteiger partial charge is 0.496 e. The van der Waals surface area contributed by atoms with Gasteiger partial charge in [0.25, 0.3) is 0 Å². The van der Waals surface area contributed by atoms with Gasteiger partial charge in [-0.25, -0.2) is 4.99 Å². The Bertz CT molecular complexity index is 543. The fourth-order valence-corrected chi connectivity index (χ4v) is 2.72. The molecule has 2 N–H and O–H groups in total. The molecule has 0 saturated carbocycles. The van der Waals surface area contributed by atoms with E-state index in [2.05, 4.69) is 34.7 Å². The second-order valence-corrected chi connectivity index (χ2v) is 6.14. The van der Waals surface area contributed by atoms with E-state index in [-0.39, 0.29) is 6.10 Å². The van der Waals surface area contributed by atoms with Gasteiger partial charge in [-0.15, -0.1) is 0 Å². The van der Waals surface area contributed by atoms with E-state index in [0.29, 0.717) is 6.54 Å². The third kappa shape index (κ3) is 6.92. The highest BCUT2D eigenvalue weighted by atomic mass is 16.5. The molecule has 0 radical (unpaired) electrons. The first kappa shape index (κ1) is 19.5. The van der Waals surface area contributed by atoms with Gasteiger partial charge in [-0.2, -0.15) is 0 Å². The molecule has 0 aromatic heterocycles. The summed E-state index contributed by atoms with van der Waals surface area (Å²) in [7, 11) is 1.69. The van der Waals surface area contributed by atoms with Crippen LogP contribution in [0.3, 0.4) is 0 Å². The molecule has 1 atom stereocenters. The summed E-state index contributed by atoms with van der Waals surface area (Å²) in [6, 6.07) is 6.16. The zero-order chi connectivity index (χ0) is 17.9. The maximum absolute atomic E-state index is 5.77. The van der Waals surface area contributed by atoms with Gasteiger partial charge in [0, 0.05) is 26.3 Å². The molecule has 0 spiro atoms. The maximum Gasteiger partial charge on any atom is 0.191 e. The van der Waals surface area contributed by atoms with Crippen molar-refractivity contribution in [3.05, 3.63) is 29.3 Å². The number of aryl methyl sites for hydroxylation is 1. The predicted molar refractivity (Wildman–Crippen MR) is 100 cm³/mol. The summed E-state index contributed by atoms with van der Waals surface area (Å²) in [5, 5.41) is 6.63. The molecule has 0 amide bonds. The van der Waals surface area contributed by atoms with E-state index in [4.69, 9.17) is 14.2 Å². The molecule has 1 unspecified atom stereocenters. The SMILES string of the molecule is CCNC(=NCc1ccc(OC)c(C)c1)NCCCOC1CCOC1. The number of nitrogens with one attached hydrogen (secondary N) is 2. The Morgan fingerprint density at radius 2 is 2.24 bits per heavy atom. The van der Waals surface area contributed by atoms with Gasteiger partial charge in [-0.3, -0.25) is 0 Å². The van der Waals surface area contributed by atoms with Gasteiger partial charge < -0.3 is 24.8 Å². The minimum atomic E-state index is 0.278. The van der Waals surface area contributed by atoms with Crippen LogP contribution in [0.15, 0.2) is 23.2 Å². The number of nitrogens with zero attached hydrogens (tertiary/aromatic N) is 1. The van der Waals surface area contributed by atoms with Crippen LogP contribution in [0.2, 0.25) is 0 Å². The Labute approximate surface area is 151 Å². The van der Waals surface area contributed by atoms with Crippen LogP contribution >= 0.6 is 0 Å².